The highest BCUT2D eigenvalue weighted by Gasteiger charge is 2.04. The summed E-state index contributed by atoms with van der Waals surface area (Å²) in [5.74, 6) is 0. The molecule has 0 N–H and O–H groups in total. The average molecular weight is 271 g/mol. The third-order valence-corrected chi connectivity index (χ3v) is 2.96. The van der Waals surface area contributed by atoms with Crippen LogP contribution < -0.4 is 0 Å². The Balaban J connectivity index is 1.84. The van der Waals surface area contributed by atoms with Crippen molar-refractivity contribution in [2.45, 2.75) is 6.54 Å². The highest BCUT2D eigenvalue weighted by atomic mass is 35.5. The zero-order chi connectivity index (χ0) is 13.1. The van der Waals surface area contributed by atoms with Gasteiger partial charge in [-0.3, -0.25) is 4.68 Å². The summed E-state index contributed by atoms with van der Waals surface area (Å²) in [5, 5.41) is 4.76. The molecule has 0 aliphatic rings. The molecule has 0 saturated carbocycles. The summed E-state index contributed by atoms with van der Waals surface area (Å²) >= 11 is 5.85. The summed E-state index contributed by atoms with van der Waals surface area (Å²) in [6.07, 6.45) is 5.18. The van der Waals surface area contributed by atoms with Gasteiger partial charge < -0.3 is 0 Å². The van der Waals surface area contributed by atoms with Crippen LogP contribution in [-0.4, -0.2) is 19.7 Å². The van der Waals surface area contributed by atoms with Gasteiger partial charge in [0.2, 0.25) is 0 Å². The van der Waals surface area contributed by atoms with Gasteiger partial charge in [0.25, 0.3) is 0 Å². The summed E-state index contributed by atoms with van der Waals surface area (Å²) in [5.41, 5.74) is 2.91. The second-order valence-corrected chi connectivity index (χ2v) is 4.53. The van der Waals surface area contributed by atoms with Gasteiger partial charge in [0.05, 0.1) is 18.4 Å². The molecule has 5 heteroatoms. The van der Waals surface area contributed by atoms with Crippen molar-refractivity contribution in [3.05, 3.63) is 65.8 Å². The molecule has 0 aliphatic heterocycles. The van der Waals surface area contributed by atoms with E-state index in [1.165, 1.54) is 11.9 Å². The van der Waals surface area contributed by atoms with Crippen molar-refractivity contribution in [3.63, 3.8) is 0 Å². The Labute approximate surface area is 115 Å². The molecule has 0 bridgehead atoms. The zero-order valence-corrected chi connectivity index (χ0v) is 10.8. The van der Waals surface area contributed by atoms with E-state index in [4.69, 9.17) is 11.6 Å². The summed E-state index contributed by atoms with van der Waals surface area (Å²) in [4.78, 5) is 8.05. The Morgan fingerprint density at radius 3 is 2.74 bits per heavy atom. The lowest BCUT2D eigenvalue weighted by atomic mass is 10.2. The van der Waals surface area contributed by atoms with Gasteiger partial charge in [-0.2, -0.15) is 5.10 Å². The normalized spacial score (nSPS) is 10.6. The lowest BCUT2D eigenvalue weighted by molar-refractivity contribution is 0.687. The predicted octanol–water partition coefficient (Wildman–Crippen LogP) is 3.04. The van der Waals surface area contributed by atoms with Gasteiger partial charge in [-0.15, -0.1) is 0 Å². The molecule has 3 rings (SSSR count). The van der Waals surface area contributed by atoms with E-state index in [9.17, 15) is 0 Å². The minimum atomic E-state index is 0.431. The first-order valence-electron chi connectivity index (χ1n) is 5.85. The fourth-order valence-electron chi connectivity index (χ4n) is 1.84. The topological polar surface area (TPSA) is 43.6 Å². The Hall–Kier alpha value is -2.20. The Bertz CT molecular complexity index is 679. The van der Waals surface area contributed by atoms with Crippen LogP contribution in [0, 0.1) is 0 Å². The van der Waals surface area contributed by atoms with Crippen molar-refractivity contribution in [3.8, 4) is 11.3 Å². The van der Waals surface area contributed by atoms with Gasteiger partial charge >= 0.3 is 0 Å². The quantitative estimate of drug-likeness (QED) is 0.687. The van der Waals surface area contributed by atoms with Crippen molar-refractivity contribution in [1.29, 1.82) is 0 Å². The van der Waals surface area contributed by atoms with Gasteiger partial charge in [-0.25, -0.2) is 9.97 Å². The van der Waals surface area contributed by atoms with Crippen molar-refractivity contribution < 1.29 is 0 Å². The molecule has 0 radical (unpaired) electrons. The minimum Gasteiger partial charge on any atom is -0.268 e. The maximum absolute atomic E-state index is 5.85. The number of rotatable bonds is 3. The SMILES string of the molecule is Clc1cc(-c2cnn(Cc3ccccc3)c2)ncn1. The molecule has 0 saturated heterocycles. The maximum Gasteiger partial charge on any atom is 0.133 e. The molecule has 19 heavy (non-hydrogen) atoms. The van der Waals surface area contributed by atoms with Crippen LogP contribution in [-0.2, 0) is 6.54 Å². The molecule has 2 heterocycles. The van der Waals surface area contributed by atoms with Crippen LogP contribution in [0.1, 0.15) is 5.56 Å². The molecule has 94 valence electrons. The predicted molar refractivity (Wildman–Crippen MR) is 73.8 cm³/mol. The van der Waals surface area contributed by atoms with Gasteiger partial charge in [0.15, 0.2) is 0 Å². The third kappa shape index (κ3) is 2.80. The zero-order valence-electron chi connectivity index (χ0n) is 10.1. The van der Waals surface area contributed by atoms with Crippen molar-refractivity contribution in [2.75, 3.05) is 0 Å². The van der Waals surface area contributed by atoms with Gasteiger partial charge in [0.1, 0.15) is 11.5 Å². The summed E-state index contributed by atoms with van der Waals surface area (Å²) in [6, 6.07) is 11.9. The summed E-state index contributed by atoms with van der Waals surface area (Å²) in [6.45, 7) is 0.736. The molecule has 0 atom stereocenters. The molecule has 3 aromatic rings. The lowest BCUT2D eigenvalue weighted by Gasteiger charge is -2.00. The van der Waals surface area contributed by atoms with E-state index in [-0.39, 0.29) is 0 Å². The van der Waals surface area contributed by atoms with E-state index in [0.29, 0.717) is 5.15 Å². The molecule has 2 aromatic heterocycles. The average Bonchev–Trinajstić information content (AvgIpc) is 2.88. The largest absolute Gasteiger partial charge is 0.268 e. The highest BCUT2D eigenvalue weighted by molar-refractivity contribution is 6.29. The van der Waals surface area contributed by atoms with Crippen molar-refractivity contribution >= 4 is 11.6 Å². The number of nitrogens with zero attached hydrogens (tertiary/aromatic N) is 4. The van der Waals surface area contributed by atoms with E-state index in [0.717, 1.165) is 17.8 Å². The van der Waals surface area contributed by atoms with Crippen LogP contribution in [0.4, 0.5) is 0 Å². The van der Waals surface area contributed by atoms with Crippen LogP contribution in [0.5, 0.6) is 0 Å². The lowest BCUT2D eigenvalue weighted by Crippen LogP contribution is -1.99. The van der Waals surface area contributed by atoms with E-state index in [1.807, 2.05) is 29.1 Å². The molecule has 0 aliphatic carbocycles. The summed E-state index contributed by atoms with van der Waals surface area (Å²) in [7, 11) is 0. The first-order valence-corrected chi connectivity index (χ1v) is 6.23. The number of halogens is 1. The first-order chi connectivity index (χ1) is 9.31. The van der Waals surface area contributed by atoms with E-state index < -0.39 is 0 Å². The second kappa shape index (κ2) is 5.20. The van der Waals surface area contributed by atoms with Gasteiger partial charge in [0, 0.05) is 17.8 Å². The van der Waals surface area contributed by atoms with Crippen molar-refractivity contribution in [1.82, 2.24) is 19.7 Å². The highest BCUT2D eigenvalue weighted by Crippen LogP contribution is 2.18. The molecule has 0 fully saturated rings. The molecule has 0 spiro atoms. The van der Waals surface area contributed by atoms with Crippen LogP contribution in [0.15, 0.2) is 55.1 Å². The molecular weight excluding hydrogens is 260 g/mol. The fourth-order valence-corrected chi connectivity index (χ4v) is 1.99. The minimum absolute atomic E-state index is 0.431. The van der Waals surface area contributed by atoms with Gasteiger partial charge in [-0.05, 0) is 5.56 Å². The van der Waals surface area contributed by atoms with Crippen LogP contribution in [0.2, 0.25) is 5.15 Å². The molecule has 1 aromatic carbocycles. The maximum atomic E-state index is 5.85. The Morgan fingerprint density at radius 1 is 1.11 bits per heavy atom. The number of hydrogen-bond donors (Lipinski definition) is 0. The standard InChI is InChI=1S/C14H11ClN4/c15-14-6-13(16-10-17-14)12-7-18-19(9-12)8-11-4-2-1-3-5-11/h1-7,9-10H,8H2. The Kier molecular flexibility index (Phi) is 3.25. The molecule has 4 nitrogen and oxygen atoms in total. The van der Waals surface area contributed by atoms with Crippen LogP contribution >= 0.6 is 11.6 Å². The number of benzene rings is 1. The van der Waals surface area contributed by atoms with E-state index in [2.05, 4.69) is 27.2 Å². The molecule has 0 amide bonds. The first kappa shape index (κ1) is 11.9. The smallest absolute Gasteiger partial charge is 0.133 e. The second-order valence-electron chi connectivity index (χ2n) is 4.14. The molecular formula is C14H11ClN4. The van der Waals surface area contributed by atoms with Crippen molar-refractivity contribution in [2.24, 2.45) is 0 Å². The Morgan fingerprint density at radius 2 is 1.95 bits per heavy atom. The fraction of sp³-hybridized carbons (Fsp3) is 0.0714. The molecule has 0 unspecified atom stereocenters. The van der Waals surface area contributed by atoms with Gasteiger partial charge in [-0.1, -0.05) is 41.9 Å². The number of aromatic nitrogens is 4. The van der Waals surface area contributed by atoms with E-state index in [1.54, 1.807) is 12.3 Å². The summed E-state index contributed by atoms with van der Waals surface area (Å²) < 4.78 is 1.88. The van der Waals surface area contributed by atoms with Crippen LogP contribution in [0.25, 0.3) is 11.3 Å². The number of hydrogen-bond acceptors (Lipinski definition) is 3. The monoisotopic (exact) mass is 270 g/mol. The third-order valence-electron chi connectivity index (χ3n) is 2.75. The van der Waals surface area contributed by atoms with E-state index >= 15 is 0 Å². The van der Waals surface area contributed by atoms with Crippen LogP contribution in [0.3, 0.4) is 0 Å².